The molecule has 4 heteroatoms. The van der Waals surface area contributed by atoms with Gasteiger partial charge >= 0.3 is 0 Å². The molecule has 140 valence electrons. The van der Waals surface area contributed by atoms with E-state index in [0.717, 1.165) is 11.3 Å². The van der Waals surface area contributed by atoms with E-state index in [-0.39, 0.29) is 11.9 Å². The molecular formula is C24H24N3O+. The summed E-state index contributed by atoms with van der Waals surface area (Å²) < 4.78 is 0. The van der Waals surface area contributed by atoms with Crippen LogP contribution in [0.1, 0.15) is 28.3 Å². The van der Waals surface area contributed by atoms with E-state index in [0.29, 0.717) is 13.0 Å². The molecule has 0 fully saturated rings. The summed E-state index contributed by atoms with van der Waals surface area (Å²) in [4.78, 5) is 12.4. The van der Waals surface area contributed by atoms with Crippen LogP contribution in [-0.4, -0.2) is 12.5 Å². The molecule has 0 radical (unpaired) electrons. The first-order valence-electron chi connectivity index (χ1n) is 9.36. The molecule has 0 aliphatic rings. The average Bonchev–Trinajstić information content (AvgIpc) is 2.72. The molecule has 0 spiro atoms. The van der Waals surface area contributed by atoms with Gasteiger partial charge in [-0.1, -0.05) is 72.3 Å². The van der Waals surface area contributed by atoms with Crippen LogP contribution >= 0.6 is 0 Å². The van der Waals surface area contributed by atoms with Gasteiger partial charge in [-0.25, -0.2) is 0 Å². The third kappa shape index (κ3) is 5.29. The highest BCUT2D eigenvalue weighted by atomic mass is 16.1. The van der Waals surface area contributed by atoms with E-state index in [1.807, 2.05) is 42.5 Å². The lowest BCUT2D eigenvalue weighted by Gasteiger charge is -2.17. The Morgan fingerprint density at radius 2 is 1.61 bits per heavy atom. The fraction of sp³-hybridized carbons (Fsp3) is 0.167. The number of quaternary nitrogens is 1. The molecule has 0 saturated carbocycles. The Labute approximate surface area is 165 Å². The van der Waals surface area contributed by atoms with Crippen molar-refractivity contribution in [1.29, 1.82) is 5.26 Å². The Hall–Kier alpha value is -3.42. The second kappa shape index (κ2) is 9.50. The first-order chi connectivity index (χ1) is 13.7. The third-order valence-corrected chi connectivity index (χ3v) is 4.65. The number of hydrogen-bond acceptors (Lipinski definition) is 2. The summed E-state index contributed by atoms with van der Waals surface area (Å²) in [6.45, 7) is 2.38. The van der Waals surface area contributed by atoms with Crippen LogP contribution in [0.15, 0.2) is 78.9 Å². The standard InChI is InChI=1S/C24H23N3O/c1-18-7-11-21(12-8-18)24(20-5-3-2-4-6-20)26-17-23(28)27-22-13-9-19(10-14-22)15-16-25/h2-14,24,26H,15,17H2,1H3,(H,27,28)/p+1/t24-/m0/s1. The highest BCUT2D eigenvalue weighted by Gasteiger charge is 2.18. The largest absolute Gasteiger partial charge is 0.328 e. The maximum Gasteiger partial charge on any atom is 0.279 e. The molecule has 0 aromatic heterocycles. The molecule has 4 nitrogen and oxygen atoms in total. The predicted molar refractivity (Wildman–Crippen MR) is 111 cm³/mol. The monoisotopic (exact) mass is 370 g/mol. The summed E-state index contributed by atoms with van der Waals surface area (Å²) in [6, 6.07) is 28.2. The number of nitrogens with one attached hydrogen (secondary N) is 1. The van der Waals surface area contributed by atoms with E-state index in [4.69, 9.17) is 5.26 Å². The summed E-state index contributed by atoms with van der Waals surface area (Å²) in [5.74, 6) is -0.0546. The van der Waals surface area contributed by atoms with Crippen LogP contribution < -0.4 is 10.6 Å². The van der Waals surface area contributed by atoms with Gasteiger partial charge in [-0.15, -0.1) is 0 Å². The van der Waals surface area contributed by atoms with Crippen molar-refractivity contribution in [2.45, 2.75) is 19.4 Å². The highest BCUT2D eigenvalue weighted by molar-refractivity contribution is 5.91. The van der Waals surface area contributed by atoms with Gasteiger partial charge in [0.25, 0.3) is 5.91 Å². The lowest BCUT2D eigenvalue weighted by atomic mass is 9.98. The molecule has 3 N–H and O–H groups in total. The molecule has 28 heavy (non-hydrogen) atoms. The summed E-state index contributed by atoms with van der Waals surface area (Å²) in [6.07, 6.45) is 0.372. The van der Waals surface area contributed by atoms with Crippen LogP contribution in [0, 0.1) is 18.3 Å². The number of hydrogen-bond donors (Lipinski definition) is 2. The zero-order valence-electron chi connectivity index (χ0n) is 15.9. The second-order valence-corrected chi connectivity index (χ2v) is 6.82. The molecule has 1 atom stereocenters. The van der Waals surface area contributed by atoms with Crippen molar-refractivity contribution in [3.63, 3.8) is 0 Å². The smallest absolute Gasteiger partial charge is 0.279 e. The van der Waals surface area contributed by atoms with Gasteiger partial charge < -0.3 is 10.6 Å². The number of nitrogens with zero attached hydrogens (tertiary/aromatic N) is 1. The van der Waals surface area contributed by atoms with Crippen LogP contribution in [0.3, 0.4) is 0 Å². The Morgan fingerprint density at radius 3 is 2.25 bits per heavy atom. The van der Waals surface area contributed by atoms with Crippen LogP contribution in [0.4, 0.5) is 5.69 Å². The fourth-order valence-corrected chi connectivity index (χ4v) is 3.13. The molecule has 3 rings (SSSR count). The van der Waals surface area contributed by atoms with Gasteiger partial charge in [0.15, 0.2) is 6.54 Å². The summed E-state index contributed by atoms with van der Waals surface area (Å²) in [7, 11) is 0. The van der Waals surface area contributed by atoms with Gasteiger partial charge in [0.1, 0.15) is 6.04 Å². The van der Waals surface area contributed by atoms with Crippen molar-refractivity contribution in [2.75, 3.05) is 11.9 Å². The average molecular weight is 370 g/mol. The minimum absolute atomic E-state index is 0.0546. The number of carbonyl (C=O) groups is 1. The van der Waals surface area contributed by atoms with Gasteiger partial charge in [0, 0.05) is 16.8 Å². The van der Waals surface area contributed by atoms with Crippen molar-refractivity contribution >= 4 is 11.6 Å². The number of rotatable bonds is 7. The lowest BCUT2D eigenvalue weighted by molar-refractivity contribution is -0.676. The minimum Gasteiger partial charge on any atom is -0.328 e. The number of aryl methyl sites for hydroxylation is 1. The van der Waals surface area contributed by atoms with Crippen molar-refractivity contribution < 1.29 is 10.1 Å². The van der Waals surface area contributed by atoms with Crippen molar-refractivity contribution in [2.24, 2.45) is 0 Å². The molecule has 1 amide bonds. The van der Waals surface area contributed by atoms with E-state index < -0.39 is 0 Å². The molecule has 0 saturated heterocycles. The molecule has 0 heterocycles. The van der Waals surface area contributed by atoms with Gasteiger partial charge in [0.2, 0.25) is 0 Å². The van der Waals surface area contributed by atoms with Crippen LogP contribution in [0.25, 0.3) is 0 Å². The number of anilines is 1. The van der Waals surface area contributed by atoms with Crippen LogP contribution in [0.5, 0.6) is 0 Å². The molecule has 3 aromatic rings. The Balaban J connectivity index is 1.67. The SMILES string of the molecule is Cc1ccc([C@@H]([NH2+]CC(=O)Nc2ccc(CC#N)cc2)c2ccccc2)cc1. The van der Waals surface area contributed by atoms with E-state index >= 15 is 0 Å². The topological polar surface area (TPSA) is 69.5 Å². The molecular weight excluding hydrogens is 346 g/mol. The first-order valence-corrected chi connectivity index (χ1v) is 9.36. The molecule has 3 aromatic carbocycles. The second-order valence-electron chi connectivity index (χ2n) is 6.82. The van der Waals surface area contributed by atoms with Crippen molar-refractivity contribution in [3.05, 3.63) is 101 Å². The number of nitriles is 1. The van der Waals surface area contributed by atoms with E-state index in [9.17, 15) is 4.79 Å². The zero-order chi connectivity index (χ0) is 19.8. The summed E-state index contributed by atoms with van der Waals surface area (Å²) >= 11 is 0. The quantitative estimate of drug-likeness (QED) is 0.670. The zero-order valence-corrected chi connectivity index (χ0v) is 15.9. The van der Waals surface area contributed by atoms with Crippen LogP contribution in [0.2, 0.25) is 0 Å². The highest BCUT2D eigenvalue weighted by Crippen LogP contribution is 2.18. The minimum atomic E-state index is -0.0546. The molecule has 0 unspecified atom stereocenters. The van der Waals surface area contributed by atoms with Crippen LogP contribution in [-0.2, 0) is 11.2 Å². The Kier molecular flexibility index (Phi) is 6.56. The number of carbonyl (C=O) groups excluding carboxylic acids is 1. The lowest BCUT2D eigenvalue weighted by Crippen LogP contribution is -2.87. The number of benzene rings is 3. The number of amides is 1. The molecule has 0 bridgehead atoms. The van der Waals surface area contributed by atoms with Crippen molar-refractivity contribution in [1.82, 2.24) is 0 Å². The third-order valence-electron chi connectivity index (χ3n) is 4.65. The Bertz CT molecular complexity index is 942. The number of nitrogens with two attached hydrogens (primary N) is 1. The maximum absolute atomic E-state index is 12.4. The van der Waals surface area contributed by atoms with Gasteiger partial charge in [-0.05, 0) is 24.6 Å². The van der Waals surface area contributed by atoms with E-state index in [2.05, 4.69) is 60.0 Å². The maximum atomic E-state index is 12.4. The normalized spacial score (nSPS) is 11.4. The van der Waals surface area contributed by atoms with E-state index in [1.165, 1.54) is 16.7 Å². The first kappa shape index (κ1) is 19.3. The van der Waals surface area contributed by atoms with Gasteiger partial charge in [0.05, 0.1) is 12.5 Å². The summed E-state index contributed by atoms with van der Waals surface area (Å²) in [5, 5.41) is 13.7. The fourth-order valence-electron chi connectivity index (χ4n) is 3.13. The van der Waals surface area contributed by atoms with Crippen molar-refractivity contribution in [3.8, 4) is 6.07 Å². The molecule has 0 aliphatic heterocycles. The predicted octanol–water partition coefficient (Wildman–Crippen LogP) is 3.35. The Morgan fingerprint density at radius 1 is 0.964 bits per heavy atom. The van der Waals surface area contributed by atoms with Gasteiger partial charge in [-0.3, -0.25) is 4.79 Å². The molecule has 0 aliphatic carbocycles. The summed E-state index contributed by atoms with van der Waals surface area (Å²) in [5.41, 5.74) is 5.24. The van der Waals surface area contributed by atoms with E-state index in [1.54, 1.807) is 0 Å². The van der Waals surface area contributed by atoms with Gasteiger partial charge in [-0.2, -0.15) is 5.26 Å².